The highest BCUT2D eigenvalue weighted by Crippen LogP contribution is 2.21. The fraction of sp³-hybridized carbons (Fsp3) is 0.450. The number of carbonyl (C=O) groups excluding carboxylic acids is 4. The molecule has 2 aliphatic rings. The molecule has 0 atom stereocenters. The van der Waals surface area contributed by atoms with E-state index in [0.29, 0.717) is 31.6 Å². The Morgan fingerprint density at radius 3 is 2.45 bits per heavy atom. The topological polar surface area (TPSA) is 106 Å². The first-order chi connectivity index (χ1) is 14.0. The Kier molecular flexibility index (Phi) is 6.58. The number of likely N-dealkylation sites (tertiary alicyclic amines) is 1. The van der Waals surface area contributed by atoms with Crippen LogP contribution in [0.2, 0.25) is 0 Å². The number of ether oxygens (including phenoxy) is 2. The van der Waals surface area contributed by atoms with Crippen molar-refractivity contribution in [3.63, 3.8) is 0 Å². The van der Waals surface area contributed by atoms with Crippen molar-refractivity contribution in [2.45, 2.75) is 25.7 Å². The molecule has 0 bridgehead atoms. The summed E-state index contributed by atoms with van der Waals surface area (Å²) < 4.78 is 9.85. The minimum Gasteiger partial charge on any atom is -0.469 e. The van der Waals surface area contributed by atoms with Crippen LogP contribution in [0, 0.1) is 5.92 Å². The molecular formula is C20H23N3O6. The predicted molar refractivity (Wildman–Crippen MR) is 103 cm³/mol. The van der Waals surface area contributed by atoms with Gasteiger partial charge in [-0.15, -0.1) is 0 Å². The maximum Gasteiger partial charge on any atom is 0.355 e. The number of para-hydroxylation sites is 1. The van der Waals surface area contributed by atoms with Crippen molar-refractivity contribution in [2.24, 2.45) is 11.0 Å². The van der Waals surface area contributed by atoms with Gasteiger partial charge >= 0.3 is 11.9 Å². The summed E-state index contributed by atoms with van der Waals surface area (Å²) in [5.41, 5.74) is 0.665. The second-order valence-corrected chi connectivity index (χ2v) is 6.84. The van der Waals surface area contributed by atoms with Crippen LogP contribution in [0.4, 0.5) is 5.69 Å². The normalized spacial score (nSPS) is 17.6. The number of hydrogen-bond acceptors (Lipinski definition) is 7. The number of piperidine rings is 1. The van der Waals surface area contributed by atoms with E-state index in [1.54, 1.807) is 29.2 Å². The summed E-state index contributed by atoms with van der Waals surface area (Å²) in [4.78, 5) is 49.8. The molecule has 3 rings (SSSR count). The van der Waals surface area contributed by atoms with Crippen LogP contribution in [-0.2, 0) is 28.7 Å². The van der Waals surface area contributed by atoms with Crippen LogP contribution < -0.4 is 5.01 Å². The predicted octanol–water partition coefficient (Wildman–Crippen LogP) is 1.12. The molecule has 1 aromatic carbocycles. The lowest BCUT2D eigenvalue weighted by Crippen LogP contribution is -2.43. The van der Waals surface area contributed by atoms with Gasteiger partial charge < -0.3 is 14.4 Å². The number of carbonyl (C=O) groups is 4. The minimum absolute atomic E-state index is 0.102. The van der Waals surface area contributed by atoms with Crippen molar-refractivity contribution in [3.05, 3.63) is 30.3 Å². The first kappa shape index (κ1) is 20.5. The van der Waals surface area contributed by atoms with Crippen LogP contribution in [0.3, 0.4) is 0 Å². The molecule has 0 spiro atoms. The van der Waals surface area contributed by atoms with E-state index >= 15 is 0 Å². The van der Waals surface area contributed by atoms with E-state index in [9.17, 15) is 19.2 Å². The monoisotopic (exact) mass is 401 g/mol. The van der Waals surface area contributed by atoms with Crippen molar-refractivity contribution >= 4 is 35.2 Å². The molecule has 0 N–H and O–H groups in total. The van der Waals surface area contributed by atoms with Crippen molar-refractivity contribution in [3.8, 4) is 0 Å². The Hall–Kier alpha value is -3.23. The zero-order valence-corrected chi connectivity index (χ0v) is 16.2. The molecular weight excluding hydrogens is 378 g/mol. The van der Waals surface area contributed by atoms with Crippen LogP contribution in [0.1, 0.15) is 25.7 Å². The molecule has 2 amide bonds. The van der Waals surface area contributed by atoms with Gasteiger partial charge in [-0.25, -0.2) is 9.80 Å². The maximum atomic E-state index is 12.3. The summed E-state index contributed by atoms with van der Waals surface area (Å²) in [6.45, 7) is 0.417. The number of hydrogen-bond donors (Lipinski definition) is 0. The standard InChI is InChI=1S/C20H23N3O6/c1-28-19(26)14-9-11-22(12-10-14)18(25)13-29-20(27)16-7-8-17(24)23(21-16)15-5-3-2-4-6-15/h2-6,14H,7-13H2,1H3. The summed E-state index contributed by atoms with van der Waals surface area (Å²) in [7, 11) is 1.35. The molecule has 0 aliphatic carbocycles. The first-order valence-electron chi connectivity index (χ1n) is 9.48. The number of methoxy groups -OCH3 is 1. The second kappa shape index (κ2) is 9.31. The van der Waals surface area contributed by atoms with Gasteiger partial charge in [0.1, 0.15) is 5.71 Å². The lowest BCUT2D eigenvalue weighted by atomic mass is 9.97. The SMILES string of the molecule is COC(=O)C1CCN(C(=O)COC(=O)C2=NN(c3ccccc3)C(=O)CC2)CC1. The Bertz CT molecular complexity index is 815. The number of anilines is 1. The zero-order chi connectivity index (χ0) is 20.8. The highest BCUT2D eigenvalue weighted by atomic mass is 16.5. The Morgan fingerprint density at radius 1 is 1.10 bits per heavy atom. The van der Waals surface area contributed by atoms with Gasteiger partial charge in [0.15, 0.2) is 6.61 Å². The summed E-state index contributed by atoms with van der Waals surface area (Å²) in [6, 6.07) is 8.80. The molecule has 9 heteroatoms. The molecule has 1 fully saturated rings. The van der Waals surface area contributed by atoms with Gasteiger partial charge in [-0.1, -0.05) is 18.2 Å². The lowest BCUT2D eigenvalue weighted by Gasteiger charge is -2.30. The van der Waals surface area contributed by atoms with Crippen LogP contribution in [0.5, 0.6) is 0 Å². The summed E-state index contributed by atoms with van der Waals surface area (Å²) >= 11 is 0. The number of benzene rings is 1. The third kappa shape index (κ3) is 4.98. The number of rotatable bonds is 5. The average Bonchev–Trinajstić information content (AvgIpc) is 2.77. The molecule has 9 nitrogen and oxygen atoms in total. The zero-order valence-electron chi connectivity index (χ0n) is 16.2. The van der Waals surface area contributed by atoms with E-state index in [1.165, 1.54) is 12.1 Å². The summed E-state index contributed by atoms with van der Waals surface area (Å²) in [5, 5.41) is 5.29. The van der Waals surface area contributed by atoms with Gasteiger partial charge in [-0.05, 0) is 25.0 Å². The number of hydrazone groups is 1. The average molecular weight is 401 g/mol. The Morgan fingerprint density at radius 2 is 1.79 bits per heavy atom. The van der Waals surface area contributed by atoms with Gasteiger partial charge in [0.05, 0.1) is 18.7 Å². The minimum atomic E-state index is -0.712. The van der Waals surface area contributed by atoms with E-state index < -0.39 is 12.6 Å². The molecule has 1 saturated heterocycles. The van der Waals surface area contributed by atoms with Gasteiger partial charge in [-0.3, -0.25) is 14.4 Å². The van der Waals surface area contributed by atoms with Crippen LogP contribution in [-0.4, -0.2) is 61.2 Å². The third-order valence-electron chi connectivity index (χ3n) is 4.98. The largest absolute Gasteiger partial charge is 0.469 e. The maximum absolute atomic E-state index is 12.3. The van der Waals surface area contributed by atoms with E-state index in [2.05, 4.69) is 5.10 Å². The lowest BCUT2D eigenvalue weighted by molar-refractivity contribution is -0.151. The van der Waals surface area contributed by atoms with Gasteiger partial charge in [0.2, 0.25) is 5.91 Å². The number of amides is 2. The van der Waals surface area contributed by atoms with Crippen molar-refractivity contribution < 1.29 is 28.7 Å². The summed E-state index contributed by atoms with van der Waals surface area (Å²) in [5.74, 6) is -1.72. The summed E-state index contributed by atoms with van der Waals surface area (Å²) in [6.07, 6.45) is 1.35. The third-order valence-corrected chi connectivity index (χ3v) is 4.98. The highest BCUT2D eigenvalue weighted by molar-refractivity contribution is 6.38. The fourth-order valence-corrected chi connectivity index (χ4v) is 3.30. The van der Waals surface area contributed by atoms with Crippen LogP contribution >= 0.6 is 0 Å². The smallest absolute Gasteiger partial charge is 0.355 e. The van der Waals surface area contributed by atoms with Gasteiger partial charge in [0, 0.05) is 25.9 Å². The van der Waals surface area contributed by atoms with Crippen molar-refractivity contribution in [1.82, 2.24) is 4.90 Å². The molecule has 154 valence electrons. The first-order valence-corrected chi connectivity index (χ1v) is 9.48. The van der Waals surface area contributed by atoms with E-state index in [0.717, 1.165) is 0 Å². The molecule has 0 radical (unpaired) electrons. The molecule has 2 aliphatic heterocycles. The fourth-order valence-electron chi connectivity index (χ4n) is 3.30. The highest BCUT2D eigenvalue weighted by Gasteiger charge is 2.30. The van der Waals surface area contributed by atoms with E-state index in [1.807, 2.05) is 6.07 Å². The van der Waals surface area contributed by atoms with Crippen LogP contribution in [0.15, 0.2) is 35.4 Å². The van der Waals surface area contributed by atoms with Crippen LogP contribution in [0.25, 0.3) is 0 Å². The molecule has 0 unspecified atom stereocenters. The second-order valence-electron chi connectivity index (χ2n) is 6.84. The Balaban J connectivity index is 1.53. The van der Waals surface area contributed by atoms with E-state index in [4.69, 9.17) is 9.47 Å². The van der Waals surface area contributed by atoms with Gasteiger partial charge in [-0.2, -0.15) is 5.10 Å². The number of esters is 2. The van der Waals surface area contributed by atoms with Gasteiger partial charge in [0.25, 0.3) is 5.91 Å². The molecule has 0 aromatic heterocycles. The van der Waals surface area contributed by atoms with Crippen molar-refractivity contribution in [2.75, 3.05) is 31.8 Å². The molecule has 29 heavy (non-hydrogen) atoms. The number of nitrogens with zero attached hydrogens (tertiary/aromatic N) is 3. The quantitative estimate of drug-likeness (QED) is 0.685. The molecule has 2 heterocycles. The Labute approximate surface area is 168 Å². The molecule has 1 aromatic rings. The van der Waals surface area contributed by atoms with E-state index in [-0.39, 0.29) is 42.3 Å². The molecule has 0 saturated carbocycles. The van der Waals surface area contributed by atoms with Crippen molar-refractivity contribution in [1.29, 1.82) is 0 Å².